The van der Waals surface area contributed by atoms with Crippen molar-refractivity contribution in [3.05, 3.63) is 101 Å². The Morgan fingerprint density at radius 1 is 0.833 bits per heavy atom. The van der Waals surface area contributed by atoms with Crippen LogP contribution in [0.1, 0.15) is 31.8 Å². The highest BCUT2D eigenvalue weighted by Crippen LogP contribution is 2.29. The lowest BCUT2D eigenvalue weighted by Crippen LogP contribution is -2.23. The van der Waals surface area contributed by atoms with Gasteiger partial charge in [0.15, 0.2) is 5.78 Å². The number of benzene rings is 3. The number of carbonyl (C=O) groups excluding carboxylic acids is 2. The predicted octanol–water partition coefficient (Wildman–Crippen LogP) is 5.61. The number of hydrogen-bond acceptors (Lipinski definition) is 3. The summed E-state index contributed by atoms with van der Waals surface area (Å²) >= 11 is 1.32. The van der Waals surface area contributed by atoms with Gasteiger partial charge in [-0.25, -0.2) is 0 Å². The Bertz CT molecular complexity index is 1040. The zero-order chi connectivity index (χ0) is 21.6. The number of hydrogen-bond donors (Lipinski definition) is 1. The van der Waals surface area contributed by atoms with Gasteiger partial charge in [-0.2, -0.15) is 13.2 Å². The quantitative estimate of drug-likeness (QED) is 0.392. The van der Waals surface area contributed by atoms with Crippen LogP contribution in [0.2, 0.25) is 0 Å². The van der Waals surface area contributed by atoms with Crippen molar-refractivity contribution in [2.75, 3.05) is 5.75 Å². The number of halogens is 3. The van der Waals surface area contributed by atoms with Gasteiger partial charge in [-0.1, -0.05) is 48.5 Å². The van der Waals surface area contributed by atoms with Crippen LogP contribution in [0.5, 0.6) is 0 Å². The molecule has 0 spiro atoms. The van der Waals surface area contributed by atoms with Crippen molar-refractivity contribution in [3.8, 4) is 0 Å². The van der Waals surface area contributed by atoms with E-state index in [2.05, 4.69) is 5.32 Å². The maximum absolute atomic E-state index is 12.8. The van der Waals surface area contributed by atoms with Crippen LogP contribution in [0.4, 0.5) is 13.2 Å². The van der Waals surface area contributed by atoms with Gasteiger partial charge in [0, 0.05) is 22.6 Å². The van der Waals surface area contributed by atoms with E-state index in [0.29, 0.717) is 16.7 Å². The van der Waals surface area contributed by atoms with Crippen LogP contribution >= 0.6 is 11.8 Å². The Balaban J connectivity index is 1.59. The molecule has 3 aromatic rings. The van der Waals surface area contributed by atoms with Gasteiger partial charge in [0.25, 0.3) is 5.91 Å². The third-order valence-electron chi connectivity index (χ3n) is 4.27. The summed E-state index contributed by atoms with van der Waals surface area (Å²) in [5.74, 6) is -0.177. The Morgan fingerprint density at radius 3 is 2.27 bits per heavy atom. The first-order chi connectivity index (χ1) is 14.3. The van der Waals surface area contributed by atoms with Crippen molar-refractivity contribution in [1.29, 1.82) is 0 Å². The molecule has 0 saturated heterocycles. The van der Waals surface area contributed by atoms with Gasteiger partial charge < -0.3 is 5.32 Å². The molecule has 0 fully saturated rings. The molecule has 154 valence electrons. The van der Waals surface area contributed by atoms with Crippen molar-refractivity contribution in [3.63, 3.8) is 0 Å². The number of alkyl halides is 3. The highest BCUT2D eigenvalue weighted by molar-refractivity contribution is 8.00. The molecule has 0 radical (unpaired) electrons. The smallest absolute Gasteiger partial charge is 0.348 e. The fraction of sp³-hybridized carbons (Fsp3) is 0.130. The molecule has 0 atom stereocenters. The molecule has 0 bridgehead atoms. The highest BCUT2D eigenvalue weighted by atomic mass is 32.2. The third-order valence-corrected chi connectivity index (χ3v) is 5.26. The minimum Gasteiger partial charge on any atom is -0.348 e. The van der Waals surface area contributed by atoms with E-state index in [1.165, 1.54) is 23.9 Å². The largest absolute Gasteiger partial charge is 0.416 e. The molecular formula is C23H18F3NO2S. The first-order valence-corrected chi connectivity index (χ1v) is 10.1. The van der Waals surface area contributed by atoms with E-state index in [1.807, 2.05) is 6.07 Å². The summed E-state index contributed by atoms with van der Waals surface area (Å²) in [7, 11) is 0. The average Bonchev–Trinajstić information content (AvgIpc) is 2.76. The first kappa shape index (κ1) is 21.6. The van der Waals surface area contributed by atoms with Gasteiger partial charge in [0.05, 0.1) is 11.3 Å². The second-order valence-corrected chi connectivity index (χ2v) is 7.54. The molecule has 3 nitrogen and oxygen atoms in total. The molecule has 1 N–H and O–H groups in total. The molecule has 30 heavy (non-hydrogen) atoms. The first-order valence-electron chi connectivity index (χ1n) is 9.08. The normalized spacial score (nSPS) is 11.2. The summed E-state index contributed by atoms with van der Waals surface area (Å²) in [5, 5.41) is 2.63. The second kappa shape index (κ2) is 9.63. The van der Waals surface area contributed by atoms with Gasteiger partial charge in [-0.05, 0) is 35.9 Å². The highest BCUT2D eigenvalue weighted by Gasteiger charge is 2.30. The van der Waals surface area contributed by atoms with Gasteiger partial charge in [0.1, 0.15) is 0 Å². The van der Waals surface area contributed by atoms with Crippen molar-refractivity contribution in [1.82, 2.24) is 5.32 Å². The van der Waals surface area contributed by atoms with Crippen molar-refractivity contribution in [2.24, 2.45) is 0 Å². The molecule has 0 saturated carbocycles. The van der Waals surface area contributed by atoms with Gasteiger partial charge in [-0.15, -0.1) is 11.8 Å². The zero-order valence-corrected chi connectivity index (χ0v) is 16.6. The van der Waals surface area contributed by atoms with E-state index >= 15 is 0 Å². The van der Waals surface area contributed by atoms with Crippen LogP contribution in [0.25, 0.3) is 0 Å². The summed E-state index contributed by atoms with van der Waals surface area (Å²) in [5.41, 5.74) is 0.604. The lowest BCUT2D eigenvalue weighted by molar-refractivity contribution is -0.137. The van der Waals surface area contributed by atoms with Crippen LogP contribution in [0, 0.1) is 0 Å². The maximum Gasteiger partial charge on any atom is 0.416 e. The Hall–Kier alpha value is -3.06. The number of carbonyl (C=O) groups is 2. The molecule has 0 aliphatic heterocycles. The van der Waals surface area contributed by atoms with Crippen LogP contribution in [-0.2, 0) is 12.7 Å². The summed E-state index contributed by atoms with van der Waals surface area (Å²) in [6, 6.07) is 20.6. The van der Waals surface area contributed by atoms with Gasteiger partial charge >= 0.3 is 6.18 Å². The van der Waals surface area contributed by atoms with Crippen molar-refractivity contribution in [2.45, 2.75) is 17.6 Å². The Kier molecular flexibility index (Phi) is 6.95. The lowest BCUT2D eigenvalue weighted by atomic mass is 10.1. The fourth-order valence-electron chi connectivity index (χ4n) is 2.73. The molecule has 0 heterocycles. The maximum atomic E-state index is 12.8. The van der Waals surface area contributed by atoms with E-state index in [-0.39, 0.29) is 18.1 Å². The van der Waals surface area contributed by atoms with Gasteiger partial charge in [0.2, 0.25) is 0 Å². The third kappa shape index (κ3) is 5.97. The van der Waals surface area contributed by atoms with Gasteiger partial charge in [-0.3, -0.25) is 9.59 Å². The molecule has 3 aromatic carbocycles. The lowest BCUT2D eigenvalue weighted by Gasteiger charge is -2.10. The zero-order valence-electron chi connectivity index (χ0n) is 15.8. The minimum absolute atomic E-state index is 0.0139. The average molecular weight is 429 g/mol. The molecule has 0 aliphatic rings. The van der Waals surface area contributed by atoms with Crippen LogP contribution in [-0.4, -0.2) is 17.4 Å². The monoisotopic (exact) mass is 429 g/mol. The van der Waals surface area contributed by atoms with Crippen molar-refractivity contribution >= 4 is 23.5 Å². The van der Waals surface area contributed by atoms with Crippen LogP contribution in [0.15, 0.2) is 83.8 Å². The molecule has 7 heteroatoms. The summed E-state index contributed by atoms with van der Waals surface area (Å²) in [6.07, 6.45) is -4.43. The topological polar surface area (TPSA) is 46.2 Å². The standard InChI is InChI=1S/C23H18F3NO2S/c24-23(25,26)19-10-4-6-16(12-19)14-27-22(29)18-9-5-11-20(13-18)30-15-21(28)17-7-2-1-3-8-17/h1-13H,14-15H2,(H,27,29). The van der Waals surface area contributed by atoms with Crippen LogP contribution < -0.4 is 5.32 Å². The number of thioether (sulfide) groups is 1. The molecule has 0 unspecified atom stereocenters. The number of ketones is 1. The molecule has 0 aliphatic carbocycles. The Labute approximate surface area is 176 Å². The predicted molar refractivity (Wildman–Crippen MR) is 111 cm³/mol. The number of nitrogens with one attached hydrogen (secondary N) is 1. The molecule has 0 aromatic heterocycles. The van der Waals surface area contributed by atoms with E-state index in [4.69, 9.17) is 0 Å². The number of rotatable bonds is 7. The van der Waals surface area contributed by atoms with E-state index < -0.39 is 17.6 Å². The summed E-state index contributed by atoms with van der Waals surface area (Å²) in [4.78, 5) is 25.4. The molecule has 1 amide bonds. The Morgan fingerprint density at radius 2 is 1.53 bits per heavy atom. The molecule has 3 rings (SSSR count). The summed E-state index contributed by atoms with van der Waals surface area (Å²) in [6.45, 7) is -0.0212. The minimum atomic E-state index is -4.43. The van der Waals surface area contributed by atoms with Crippen molar-refractivity contribution < 1.29 is 22.8 Å². The van der Waals surface area contributed by atoms with E-state index in [0.717, 1.165) is 17.0 Å². The number of Topliss-reactive ketones (excluding diaryl/α,β-unsaturated/α-hetero) is 1. The summed E-state index contributed by atoms with van der Waals surface area (Å²) < 4.78 is 38.4. The number of amides is 1. The fourth-order valence-corrected chi connectivity index (χ4v) is 3.57. The second-order valence-electron chi connectivity index (χ2n) is 6.49. The molecular weight excluding hydrogens is 411 g/mol. The van der Waals surface area contributed by atoms with Crippen LogP contribution in [0.3, 0.4) is 0 Å². The van der Waals surface area contributed by atoms with E-state index in [9.17, 15) is 22.8 Å². The van der Waals surface area contributed by atoms with E-state index in [1.54, 1.807) is 48.5 Å². The SMILES string of the molecule is O=C(CSc1cccc(C(=O)NCc2cccc(C(F)(F)F)c2)c1)c1ccccc1.